The summed E-state index contributed by atoms with van der Waals surface area (Å²) in [5, 5.41) is 8.60. The molecule has 34 heavy (non-hydrogen) atoms. The number of rotatable bonds is 11. The van der Waals surface area contributed by atoms with Crippen molar-refractivity contribution in [3.8, 4) is 0 Å². The molecule has 0 aliphatic heterocycles. The van der Waals surface area contributed by atoms with E-state index in [0.29, 0.717) is 22.6 Å². The van der Waals surface area contributed by atoms with Gasteiger partial charge in [-0.15, -0.1) is 0 Å². The maximum absolute atomic E-state index is 12.7. The minimum Gasteiger partial charge on any atom is -0.459 e. The molecular weight excluding hydrogens is 432 g/mol. The molecule has 3 N–H and O–H groups in total. The Morgan fingerprint density at radius 2 is 1.53 bits per heavy atom. The second-order valence-electron chi connectivity index (χ2n) is 7.78. The van der Waals surface area contributed by atoms with Gasteiger partial charge in [0, 0.05) is 35.7 Å². The van der Waals surface area contributed by atoms with E-state index in [-0.39, 0.29) is 30.0 Å². The Morgan fingerprint density at radius 1 is 0.824 bits per heavy atom. The molecule has 0 aliphatic carbocycles. The zero-order valence-corrected chi connectivity index (χ0v) is 19.5. The van der Waals surface area contributed by atoms with Crippen LogP contribution in [-0.4, -0.2) is 42.3 Å². The lowest BCUT2D eigenvalue weighted by molar-refractivity contribution is -0.114. The first kappa shape index (κ1) is 24.6. The molecule has 0 unspecified atom stereocenters. The van der Waals surface area contributed by atoms with Gasteiger partial charge in [0.05, 0.1) is 12.8 Å². The van der Waals surface area contributed by atoms with E-state index in [2.05, 4.69) is 29.8 Å². The first-order valence-corrected chi connectivity index (χ1v) is 11.4. The molecule has 0 fully saturated rings. The molecule has 8 heteroatoms. The maximum atomic E-state index is 12.7. The van der Waals surface area contributed by atoms with Crippen molar-refractivity contribution < 1.29 is 18.8 Å². The van der Waals surface area contributed by atoms with Crippen molar-refractivity contribution in [2.75, 3.05) is 35.6 Å². The van der Waals surface area contributed by atoms with Crippen LogP contribution in [0.1, 0.15) is 47.6 Å². The fourth-order valence-corrected chi connectivity index (χ4v) is 3.43. The van der Waals surface area contributed by atoms with Gasteiger partial charge in [-0.05, 0) is 67.4 Å². The van der Waals surface area contributed by atoms with E-state index < -0.39 is 0 Å². The van der Waals surface area contributed by atoms with Crippen LogP contribution in [0.25, 0.3) is 0 Å². The molecule has 0 saturated heterocycles. The van der Waals surface area contributed by atoms with Crippen molar-refractivity contribution in [1.29, 1.82) is 0 Å². The maximum Gasteiger partial charge on any atom is 0.291 e. The highest BCUT2D eigenvalue weighted by Crippen LogP contribution is 2.17. The third-order valence-electron chi connectivity index (χ3n) is 5.01. The third kappa shape index (κ3) is 6.96. The summed E-state index contributed by atoms with van der Waals surface area (Å²) < 4.78 is 5.09. The molecule has 3 rings (SSSR count). The van der Waals surface area contributed by atoms with Crippen LogP contribution in [0.15, 0.2) is 71.3 Å². The molecule has 1 aromatic heterocycles. The summed E-state index contributed by atoms with van der Waals surface area (Å²) in [6.45, 7) is 5.60. The summed E-state index contributed by atoms with van der Waals surface area (Å²) in [6.07, 6.45) is 3.25. The van der Waals surface area contributed by atoms with Crippen LogP contribution in [0.2, 0.25) is 0 Å². The van der Waals surface area contributed by atoms with Crippen molar-refractivity contribution in [3.63, 3.8) is 0 Å². The van der Waals surface area contributed by atoms with Gasteiger partial charge in [-0.2, -0.15) is 0 Å². The van der Waals surface area contributed by atoms with E-state index in [9.17, 15) is 14.4 Å². The predicted molar refractivity (Wildman–Crippen MR) is 133 cm³/mol. The number of furan rings is 1. The second kappa shape index (κ2) is 12.2. The summed E-state index contributed by atoms with van der Waals surface area (Å²) in [7, 11) is 0. The van der Waals surface area contributed by atoms with Gasteiger partial charge in [0.1, 0.15) is 0 Å². The first-order chi connectivity index (χ1) is 16.5. The predicted octanol–water partition coefficient (Wildman–Crippen LogP) is 4.84. The number of nitrogens with zero attached hydrogens (tertiary/aromatic N) is 1. The second-order valence-corrected chi connectivity index (χ2v) is 7.78. The summed E-state index contributed by atoms with van der Waals surface area (Å²) in [4.78, 5) is 39.0. The molecule has 0 radical (unpaired) electrons. The number of benzene rings is 2. The average molecular weight is 463 g/mol. The van der Waals surface area contributed by atoms with Gasteiger partial charge in [-0.1, -0.05) is 19.9 Å². The average Bonchev–Trinajstić information content (AvgIpc) is 3.38. The Balaban J connectivity index is 1.51. The SMILES string of the molecule is CCCN(CCC)C(=O)c1ccc(NC(=O)CNc2cccc(NC(=O)c3ccco3)c2)cc1. The van der Waals surface area contributed by atoms with Gasteiger partial charge in [-0.25, -0.2) is 0 Å². The Hall–Kier alpha value is -4.07. The molecule has 178 valence electrons. The topological polar surface area (TPSA) is 104 Å². The lowest BCUT2D eigenvalue weighted by Gasteiger charge is -2.21. The highest BCUT2D eigenvalue weighted by atomic mass is 16.3. The van der Waals surface area contributed by atoms with E-state index in [4.69, 9.17) is 4.42 Å². The van der Waals surface area contributed by atoms with Crippen LogP contribution in [0.3, 0.4) is 0 Å². The largest absolute Gasteiger partial charge is 0.459 e. The number of carbonyl (C=O) groups excluding carboxylic acids is 3. The quantitative estimate of drug-likeness (QED) is 0.378. The molecule has 0 atom stereocenters. The van der Waals surface area contributed by atoms with Gasteiger partial charge in [0.2, 0.25) is 5.91 Å². The molecular formula is C26H30N4O4. The Morgan fingerprint density at radius 3 is 2.18 bits per heavy atom. The van der Waals surface area contributed by atoms with Crippen molar-refractivity contribution in [2.45, 2.75) is 26.7 Å². The van der Waals surface area contributed by atoms with Gasteiger partial charge >= 0.3 is 0 Å². The van der Waals surface area contributed by atoms with E-state index in [1.807, 2.05) is 4.90 Å². The minimum absolute atomic E-state index is 0.00210. The summed E-state index contributed by atoms with van der Waals surface area (Å²) in [5.41, 5.74) is 2.47. The van der Waals surface area contributed by atoms with Gasteiger partial charge in [0.15, 0.2) is 5.76 Å². The van der Waals surface area contributed by atoms with Gasteiger partial charge in [-0.3, -0.25) is 14.4 Å². The van der Waals surface area contributed by atoms with Gasteiger partial charge in [0.25, 0.3) is 11.8 Å². The lowest BCUT2D eigenvalue weighted by atomic mass is 10.1. The molecule has 0 bridgehead atoms. The van der Waals surface area contributed by atoms with Crippen molar-refractivity contribution in [1.82, 2.24) is 4.90 Å². The number of anilines is 3. The Bertz CT molecular complexity index is 1090. The van der Waals surface area contributed by atoms with E-state index in [1.165, 1.54) is 6.26 Å². The third-order valence-corrected chi connectivity index (χ3v) is 5.01. The normalized spacial score (nSPS) is 10.4. The van der Waals surface area contributed by atoms with E-state index in [0.717, 1.165) is 25.9 Å². The van der Waals surface area contributed by atoms with Crippen molar-refractivity contribution >= 4 is 34.8 Å². The monoisotopic (exact) mass is 462 g/mol. The highest BCUT2D eigenvalue weighted by molar-refractivity contribution is 6.02. The molecule has 1 heterocycles. The van der Waals surface area contributed by atoms with Crippen molar-refractivity contribution in [2.24, 2.45) is 0 Å². The van der Waals surface area contributed by atoms with E-state index >= 15 is 0 Å². The van der Waals surface area contributed by atoms with Crippen molar-refractivity contribution in [3.05, 3.63) is 78.3 Å². The van der Waals surface area contributed by atoms with Crippen LogP contribution in [0.4, 0.5) is 17.1 Å². The molecule has 3 aromatic rings. The zero-order valence-electron chi connectivity index (χ0n) is 19.5. The van der Waals surface area contributed by atoms with E-state index in [1.54, 1.807) is 60.7 Å². The van der Waals surface area contributed by atoms with Crippen LogP contribution in [-0.2, 0) is 4.79 Å². The molecule has 8 nitrogen and oxygen atoms in total. The number of amides is 3. The van der Waals surface area contributed by atoms with Crippen LogP contribution in [0.5, 0.6) is 0 Å². The molecule has 3 amide bonds. The fourth-order valence-electron chi connectivity index (χ4n) is 3.43. The molecule has 0 spiro atoms. The Kier molecular flexibility index (Phi) is 8.85. The summed E-state index contributed by atoms with van der Waals surface area (Å²) in [5.74, 6) is -0.367. The number of hydrogen-bond donors (Lipinski definition) is 3. The molecule has 2 aromatic carbocycles. The first-order valence-electron chi connectivity index (χ1n) is 11.4. The number of nitrogens with one attached hydrogen (secondary N) is 3. The lowest BCUT2D eigenvalue weighted by Crippen LogP contribution is -2.32. The fraction of sp³-hybridized carbons (Fsp3) is 0.269. The van der Waals surface area contributed by atoms with Crippen LogP contribution >= 0.6 is 0 Å². The van der Waals surface area contributed by atoms with Gasteiger partial charge < -0.3 is 25.3 Å². The zero-order chi connectivity index (χ0) is 24.3. The number of carbonyl (C=O) groups is 3. The molecule has 0 saturated carbocycles. The standard InChI is InChI=1S/C26H30N4O4/c1-3-14-30(15-4-2)26(33)19-10-12-20(13-11-19)28-24(31)18-27-21-7-5-8-22(17-21)29-25(32)23-9-6-16-34-23/h5-13,16-17,27H,3-4,14-15,18H2,1-2H3,(H,28,31)(H,29,32). The van der Waals surface area contributed by atoms with Crippen LogP contribution < -0.4 is 16.0 Å². The summed E-state index contributed by atoms with van der Waals surface area (Å²) in [6, 6.07) is 17.2. The summed E-state index contributed by atoms with van der Waals surface area (Å²) >= 11 is 0. The minimum atomic E-state index is -0.352. The Labute approximate surface area is 199 Å². The van der Waals surface area contributed by atoms with Crippen LogP contribution in [0, 0.1) is 0 Å². The highest BCUT2D eigenvalue weighted by Gasteiger charge is 2.14. The molecule has 0 aliphatic rings. The number of hydrogen-bond acceptors (Lipinski definition) is 5. The smallest absolute Gasteiger partial charge is 0.291 e.